The topological polar surface area (TPSA) is 59.6 Å². The van der Waals surface area contributed by atoms with Gasteiger partial charge in [0.15, 0.2) is 0 Å². The van der Waals surface area contributed by atoms with Gasteiger partial charge in [0, 0.05) is 18.0 Å². The molecule has 1 aromatic rings. The zero-order chi connectivity index (χ0) is 17.6. The lowest BCUT2D eigenvalue weighted by Gasteiger charge is -2.09. The lowest BCUT2D eigenvalue weighted by Crippen LogP contribution is -2.21. The molecule has 0 spiro atoms. The average Bonchev–Trinajstić information content (AvgIpc) is 2.60. The van der Waals surface area contributed by atoms with Crippen molar-refractivity contribution in [1.82, 2.24) is 5.32 Å². The van der Waals surface area contributed by atoms with Gasteiger partial charge in [-0.1, -0.05) is 69.7 Å². The van der Waals surface area contributed by atoms with Crippen molar-refractivity contribution in [3.63, 3.8) is 0 Å². The Labute approximate surface area is 150 Å². The highest BCUT2D eigenvalue weighted by Crippen LogP contribution is 2.11. The zero-order valence-corrected chi connectivity index (χ0v) is 15.1. The monoisotopic (exact) mass is 343 g/mol. The third-order valence-electron chi connectivity index (χ3n) is 3.90. The van der Waals surface area contributed by atoms with E-state index in [-0.39, 0.29) is 11.0 Å². The van der Waals surface area contributed by atoms with E-state index in [4.69, 9.17) is 22.1 Å². The molecule has 0 aliphatic rings. The van der Waals surface area contributed by atoms with Crippen LogP contribution >= 0.6 is 11.6 Å². The summed E-state index contributed by atoms with van der Waals surface area (Å²) >= 11 is 6.33. The van der Waals surface area contributed by atoms with Crippen LogP contribution < -0.4 is 15.8 Å². The first-order valence-corrected chi connectivity index (χ1v) is 9.13. The van der Waals surface area contributed by atoms with Crippen molar-refractivity contribution < 1.29 is 0 Å². The van der Waals surface area contributed by atoms with E-state index in [9.17, 15) is 0 Å². The number of rotatable bonds is 10. The van der Waals surface area contributed by atoms with Crippen LogP contribution in [0.15, 0.2) is 24.3 Å². The molecular weight excluding hydrogens is 318 g/mol. The molecule has 1 unspecified atom stereocenters. The highest BCUT2D eigenvalue weighted by atomic mass is 35.5. The van der Waals surface area contributed by atoms with Crippen LogP contribution in [-0.2, 0) is 0 Å². The van der Waals surface area contributed by atoms with E-state index in [0.717, 1.165) is 18.2 Å². The standard InChI is InChI=1S/C20H26ClN3/c1-2-3-4-5-6-7-8-20(21)16-24-15-17-9-11-18(12-10-17)19(13-22)14-23/h9-12,15,20,24H,2-8,16H2,1H3. The predicted molar refractivity (Wildman–Crippen MR) is 100 cm³/mol. The lowest BCUT2D eigenvalue weighted by molar-refractivity contribution is 0.575. The fraction of sp³-hybridized carbons (Fsp3) is 0.500. The van der Waals surface area contributed by atoms with Crippen molar-refractivity contribution >= 4 is 23.4 Å². The molecule has 24 heavy (non-hydrogen) atoms. The van der Waals surface area contributed by atoms with Gasteiger partial charge in [0.05, 0.1) is 5.38 Å². The van der Waals surface area contributed by atoms with Crippen LogP contribution in [0, 0.1) is 22.7 Å². The molecule has 0 aliphatic heterocycles. The number of benzene rings is 1. The zero-order valence-electron chi connectivity index (χ0n) is 14.4. The van der Waals surface area contributed by atoms with Crippen LogP contribution in [-0.4, -0.2) is 11.9 Å². The summed E-state index contributed by atoms with van der Waals surface area (Å²) in [5, 5.41) is 22.7. The maximum absolute atomic E-state index is 8.84. The van der Waals surface area contributed by atoms with Gasteiger partial charge in [0.25, 0.3) is 0 Å². The van der Waals surface area contributed by atoms with E-state index in [0.29, 0.717) is 5.22 Å². The largest absolute Gasteiger partial charge is 0.389 e. The molecule has 0 radical (unpaired) electrons. The summed E-state index contributed by atoms with van der Waals surface area (Å²) in [5.41, 5.74) is 0.134. The summed E-state index contributed by atoms with van der Waals surface area (Å²) < 4.78 is 0. The number of nitrogens with zero attached hydrogens (tertiary/aromatic N) is 2. The Morgan fingerprint density at radius 1 is 1.08 bits per heavy atom. The minimum Gasteiger partial charge on any atom is -0.389 e. The lowest BCUT2D eigenvalue weighted by atomic mass is 10.1. The summed E-state index contributed by atoms with van der Waals surface area (Å²) in [5.74, 6) is 0. The molecule has 0 amide bonds. The van der Waals surface area contributed by atoms with E-state index in [1.807, 2.05) is 30.5 Å². The summed E-state index contributed by atoms with van der Waals surface area (Å²) in [7, 11) is 0. The van der Waals surface area contributed by atoms with Gasteiger partial charge in [-0.25, -0.2) is 0 Å². The van der Waals surface area contributed by atoms with E-state index in [1.165, 1.54) is 38.5 Å². The maximum Gasteiger partial charge on any atom is 0.136 e. The Morgan fingerprint density at radius 2 is 1.71 bits per heavy atom. The van der Waals surface area contributed by atoms with Crippen molar-refractivity contribution in [2.24, 2.45) is 0 Å². The number of unbranched alkanes of at least 4 members (excludes halogenated alkanes) is 5. The molecule has 1 aromatic carbocycles. The van der Waals surface area contributed by atoms with Crippen LogP contribution in [0.4, 0.5) is 0 Å². The van der Waals surface area contributed by atoms with Gasteiger partial charge < -0.3 is 5.32 Å². The van der Waals surface area contributed by atoms with Gasteiger partial charge in [-0.15, -0.1) is 11.6 Å². The Morgan fingerprint density at radius 3 is 2.33 bits per heavy atom. The third-order valence-corrected chi connectivity index (χ3v) is 4.27. The van der Waals surface area contributed by atoms with Gasteiger partial charge in [0.2, 0.25) is 0 Å². The number of nitriles is 2. The molecule has 0 aliphatic carbocycles. The van der Waals surface area contributed by atoms with Crippen molar-refractivity contribution in [3.8, 4) is 12.1 Å². The van der Waals surface area contributed by atoms with Crippen LogP contribution in [0.3, 0.4) is 0 Å². The first kappa shape index (κ1) is 20.1. The molecule has 3 nitrogen and oxygen atoms in total. The predicted octanol–water partition coefficient (Wildman–Crippen LogP) is 3.57. The van der Waals surface area contributed by atoms with Crippen LogP contribution in [0.25, 0.3) is 11.8 Å². The van der Waals surface area contributed by atoms with Crippen LogP contribution in [0.1, 0.15) is 51.9 Å². The molecule has 0 fully saturated rings. The molecular formula is C20H26ClN3. The minimum atomic E-state index is 0.134. The molecule has 4 heteroatoms. The molecule has 0 heterocycles. The van der Waals surface area contributed by atoms with Crippen molar-refractivity contribution in [3.05, 3.63) is 34.7 Å². The van der Waals surface area contributed by atoms with Gasteiger partial charge in [-0.2, -0.15) is 10.5 Å². The molecule has 1 N–H and O–H groups in total. The fourth-order valence-electron chi connectivity index (χ4n) is 2.45. The Bertz CT molecular complexity index is 643. The highest BCUT2D eigenvalue weighted by molar-refractivity contribution is 6.20. The Balaban J connectivity index is 2.36. The molecule has 0 saturated carbocycles. The molecule has 1 rings (SSSR count). The number of halogens is 1. The molecule has 0 aromatic heterocycles. The fourth-order valence-corrected chi connectivity index (χ4v) is 2.70. The molecule has 128 valence electrons. The summed E-state index contributed by atoms with van der Waals surface area (Å²) in [6, 6.07) is 11.1. The van der Waals surface area contributed by atoms with Gasteiger partial charge >= 0.3 is 0 Å². The highest BCUT2D eigenvalue weighted by Gasteiger charge is 2.02. The number of alkyl halides is 1. The Hall–Kier alpha value is -1.97. The van der Waals surface area contributed by atoms with Gasteiger partial charge in [-0.05, 0) is 11.6 Å². The SMILES string of the molecule is CCCCCCCCC(Cl)CNC=c1ccc(=C(C#N)C#N)cc1. The van der Waals surface area contributed by atoms with Crippen molar-refractivity contribution in [2.45, 2.75) is 57.2 Å². The number of hydrogen-bond donors (Lipinski definition) is 1. The average molecular weight is 344 g/mol. The van der Waals surface area contributed by atoms with E-state index in [2.05, 4.69) is 12.2 Å². The third kappa shape index (κ3) is 8.04. The van der Waals surface area contributed by atoms with Crippen molar-refractivity contribution in [1.29, 1.82) is 10.5 Å². The van der Waals surface area contributed by atoms with E-state index < -0.39 is 0 Å². The van der Waals surface area contributed by atoms with Gasteiger partial charge in [0.1, 0.15) is 17.7 Å². The quantitative estimate of drug-likeness (QED) is 0.522. The number of nitrogens with one attached hydrogen (secondary N) is 1. The van der Waals surface area contributed by atoms with Crippen LogP contribution in [0.5, 0.6) is 0 Å². The van der Waals surface area contributed by atoms with Crippen LogP contribution in [0.2, 0.25) is 0 Å². The second-order valence-electron chi connectivity index (χ2n) is 5.93. The first-order valence-electron chi connectivity index (χ1n) is 8.69. The Kier molecular flexibility index (Phi) is 10.4. The summed E-state index contributed by atoms with van der Waals surface area (Å²) in [6.45, 7) is 2.97. The smallest absolute Gasteiger partial charge is 0.136 e. The van der Waals surface area contributed by atoms with E-state index >= 15 is 0 Å². The van der Waals surface area contributed by atoms with Gasteiger partial charge in [-0.3, -0.25) is 0 Å². The number of hydrogen-bond acceptors (Lipinski definition) is 3. The summed E-state index contributed by atoms with van der Waals surface area (Å²) in [4.78, 5) is 0. The summed E-state index contributed by atoms with van der Waals surface area (Å²) in [6.07, 6.45) is 10.7. The molecule has 0 saturated heterocycles. The molecule has 1 atom stereocenters. The molecule has 0 bridgehead atoms. The van der Waals surface area contributed by atoms with Crippen molar-refractivity contribution in [2.75, 3.05) is 6.54 Å². The maximum atomic E-state index is 8.84. The minimum absolute atomic E-state index is 0.134. The van der Waals surface area contributed by atoms with E-state index in [1.54, 1.807) is 12.1 Å². The second-order valence-corrected chi connectivity index (χ2v) is 6.54. The second kappa shape index (κ2) is 12.5. The normalized spacial score (nSPS) is 11.2. The first-order chi connectivity index (χ1) is 11.7.